The van der Waals surface area contributed by atoms with Crippen molar-refractivity contribution in [3.05, 3.63) is 12.2 Å². The van der Waals surface area contributed by atoms with Gasteiger partial charge in [0.15, 0.2) is 5.78 Å². The van der Waals surface area contributed by atoms with E-state index in [1.165, 1.54) is 0 Å². The third-order valence-corrected chi connectivity index (χ3v) is 1.26. The van der Waals surface area contributed by atoms with Crippen molar-refractivity contribution >= 4 is 5.78 Å². The molecule has 0 amide bonds. The number of carbonyl (C=O) groups is 1. The predicted molar refractivity (Wildman–Crippen MR) is 31.3 cm³/mol. The summed E-state index contributed by atoms with van der Waals surface area (Å²) in [6.07, 6.45) is 8.36. The highest BCUT2D eigenvalue weighted by Crippen LogP contribution is 2.05. The van der Waals surface area contributed by atoms with Gasteiger partial charge in [0.05, 0.1) is 0 Å². The molecule has 1 rings (SSSR count). The highest BCUT2D eigenvalue weighted by molar-refractivity contribution is 5.89. The summed E-state index contributed by atoms with van der Waals surface area (Å²) in [4.78, 5) is 10.6. The third kappa shape index (κ3) is 1.49. The first-order valence-electron chi connectivity index (χ1n) is 2.99. The summed E-state index contributed by atoms with van der Waals surface area (Å²) in [5.41, 5.74) is 0. The summed E-state index contributed by atoms with van der Waals surface area (Å²) in [7, 11) is 0. The van der Waals surface area contributed by atoms with Gasteiger partial charge in [-0.15, -0.1) is 0 Å². The number of hydrogen-bond donors (Lipinski definition) is 0. The van der Waals surface area contributed by atoms with E-state index in [9.17, 15) is 4.79 Å². The maximum Gasteiger partial charge on any atom is 0.155 e. The number of carbonyl (C=O) groups excluding carboxylic acids is 1. The fourth-order valence-electron chi connectivity index (χ4n) is 0.784. The minimum Gasteiger partial charge on any atom is -0.295 e. The van der Waals surface area contributed by atoms with Crippen molar-refractivity contribution < 1.29 is 4.79 Å². The molecule has 1 aliphatic rings. The summed E-state index contributed by atoms with van der Waals surface area (Å²) < 4.78 is 0. The standard InChI is InChI=1S/C7H9O/c8-7-5-3-1-2-4-6-7/h6H,1-3,5H2. The number of hydrogen-bond acceptors (Lipinski definition) is 1. The van der Waals surface area contributed by atoms with Gasteiger partial charge in [-0.05, 0) is 31.4 Å². The van der Waals surface area contributed by atoms with Crippen molar-refractivity contribution in [2.24, 2.45) is 0 Å². The monoisotopic (exact) mass is 109 g/mol. The van der Waals surface area contributed by atoms with E-state index in [1.807, 2.05) is 0 Å². The average Bonchev–Trinajstić information content (AvgIpc) is 1.94. The third-order valence-electron chi connectivity index (χ3n) is 1.26. The van der Waals surface area contributed by atoms with Crippen LogP contribution in [0.15, 0.2) is 6.08 Å². The van der Waals surface area contributed by atoms with Gasteiger partial charge in [-0.3, -0.25) is 4.79 Å². The lowest BCUT2D eigenvalue weighted by atomic mass is 10.2. The maximum absolute atomic E-state index is 10.6. The molecule has 0 unspecified atom stereocenters. The lowest BCUT2D eigenvalue weighted by molar-refractivity contribution is -0.114. The molecule has 0 saturated heterocycles. The molecule has 1 nitrogen and oxygen atoms in total. The molecule has 0 aromatic rings. The van der Waals surface area contributed by atoms with Crippen LogP contribution in [0.25, 0.3) is 0 Å². The summed E-state index contributed by atoms with van der Waals surface area (Å²) in [5, 5.41) is 0. The van der Waals surface area contributed by atoms with Crippen LogP contribution >= 0.6 is 0 Å². The highest BCUT2D eigenvalue weighted by Gasteiger charge is 1.99. The number of ketones is 1. The van der Waals surface area contributed by atoms with Crippen LogP contribution in [0.3, 0.4) is 0 Å². The molecule has 0 spiro atoms. The van der Waals surface area contributed by atoms with Gasteiger partial charge in [-0.2, -0.15) is 0 Å². The Kier molecular flexibility index (Phi) is 1.84. The predicted octanol–water partition coefficient (Wildman–Crippen LogP) is 1.49. The van der Waals surface area contributed by atoms with Crippen LogP contribution in [-0.2, 0) is 4.79 Å². The van der Waals surface area contributed by atoms with Gasteiger partial charge in [-0.1, -0.05) is 0 Å². The van der Waals surface area contributed by atoms with Crippen molar-refractivity contribution in [3.63, 3.8) is 0 Å². The molecule has 0 heterocycles. The van der Waals surface area contributed by atoms with Crippen LogP contribution in [-0.4, -0.2) is 5.78 Å². The van der Waals surface area contributed by atoms with E-state index in [0.717, 1.165) is 25.7 Å². The molecule has 0 atom stereocenters. The Morgan fingerprint density at radius 2 is 2.38 bits per heavy atom. The highest BCUT2D eigenvalue weighted by atomic mass is 16.1. The normalized spacial score (nSPS) is 20.8. The number of allylic oxidation sites excluding steroid dienone is 2. The van der Waals surface area contributed by atoms with E-state index < -0.39 is 0 Å². The zero-order valence-corrected chi connectivity index (χ0v) is 4.81. The van der Waals surface area contributed by atoms with Gasteiger partial charge in [0.1, 0.15) is 0 Å². The summed E-state index contributed by atoms with van der Waals surface area (Å²) in [6.45, 7) is 0. The molecule has 0 bridgehead atoms. The van der Waals surface area contributed by atoms with Crippen molar-refractivity contribution in [1.82, 2.24) is 0 Å². The van der Waals surface area contributed by atoms with Gasteiger partial charge in [0.2, 0.25) is 0 Å². The van der Waals surface area contributed by atoms with Crippen LogP contribution < -0.4 is 0 Å². The molecular weight excluding hydrogens is 100 g/mol. The van der Waals surface area contributed by atoms with E-state index in [0.29, 0.717) is 0 Å². The Morgan fingerprint density at radius 3 is 3.25 bits per heavy atom. The maximum atomic E-state index is 10.6. The van der Waals surface area contributed by atoms with Gasteiger partial charge in [0, 0.05) is 6.42 Å². The van der Waals surface area contributed by atoms with E-state index >= 15 is 0 Å². The summed E-state index contributed by atoms with van der Waals surface area (Å²) >= 11 is 0. The Labute approximate surface area is 49.4 Å². The van der Waals surface area contributed by atoms with E-state index in [2.05, 4.69) is 6.08 Å². The van der Waals surface area contributed by atoms with E-state index in [1.54, 1.807) is 6.08 Å². The van der Waals surface area contributed by atoms with Crippen molar-refractivity contribution in [1.29, 1.82) is 0 Å². The molecule has 1 radical (unpaired) electrons. The second kappa shape index (κ2) is 2.65. The Bertz CT molecular complexity index is 114. The van der Waals surface area contributed by atoms with Gasteiger partial charge in [0.25, 0.3) is 0 Å². The second-order valence-electron chi connectivity index (χ2n) is 2.02. The van der Waals surface area contributed by atoms with E-state index in [-0.39, 0.29) is 5.78 Å². The molecular formula is C7H9O. The van der Waals surface area contributed by atoms with Crippen LogP contribution in [0, 0.1) is 6.08 Å². The average molecular weight is 109 g/mol. The molecule has 0 N–H and O–H groups in total. The molecule has 0 aliphatic heterocycles. The van der Waals surface area contributed by atoms with Crippen molar-refractivity contribution in [2.75, 3.05) is 0 Å². The van der Waals surface area contributed by atoms with Gasteiger partial charge < -0.3 is 0 Å². The number of rotatable bonds is 0. The van der Waals surface area contributed by atoms with Crippen LogP contribution in [0.4, 0.5) is 0 Å². The fourth-order valence-corrected chi connectivity index (χ4v) is 0.784. The Balaban J connectivity index is 2.44. The summed E-state index contributed by atoms with van der Waals surface area (Å²) in [6, 6.07) is 0. The smallest absolute Gasteiger partial charge is 0.155 e. The largest absolute Gasteiger partial charge is 0.295 e. The molecule has 1 heteroatoms. The first kappa shape index (κ1) is 5.54. The lowest BCUT2D eigenvalue weighted by Crippen LogP contribution is -1.87. The zero-order chi connectivity index (χ0) is 5.82. The molecule has 0 saturated carbocycles. The SMILES string of the molecule is O=C1C=[C]CCCC1. The topological polar surface area (TPSA) is 17.1 Å². The Morgan fingerprint density at radius 1 is 1.50 bits per heavy atom. The fraction of sp³-hybridized carbons (Fsp3) is 0.571. The minimum absolute atomic E-state index is 0.238. The first-order chi connectivity index (χ1) is 3.89. The summed E-state index contributed by atoms with van der Waals surface area (Å²) in [5.74, 6) is 0.238. The Hall–Kier alpha value is -0.590. The minimum atomic E-state index is 0.238. The van der Waals surface area contributed by atoms with Crippen molar-refractivity contribution in [2.45, 2.75) is 25.7 Å². The van der Waals surface area contributed by atoms with Crippen molar-refractivity contribution in [3.8, 4) is 0 Å². The molecule has 0 fully saturated rings. The molecule has 0 aromatic heterocycles. The molecule has 43 valence electrons. The van der Waals surface area contributed by atoms with Gasteiger partial charge >= 0.3 is 0 Å². The molecule has 0 aromatic carbocycles. The van der Waals surface area contributed by atoms with Crippen LogP contribution in [0.1, 0.15) is 25.7 Å². The molecule has 1 aliphatic carbocycles. The van der Waals surface area contributed by atoms with Crippen LogP contribution in [0.2, 0.25) is 0 Å². The first-order valence-corrected chi connectivity index (χ1v) is 2.99. The molecule has 8 heavy (non-hydrogen) atoms. The quantitative estimate of drug-likeness (QED) is 0.460. The lowest BCUT2D eigenvalue weighted by Gasteiger charge is -1.86. The van der Waals surface area contributed by atoms with Crippen LogP contribution in [0.5, 0.6) is 0 Å². The zero-order valence-electron chi connectivity index (χ0n) is 4.81. The van der Waals surface area contributed by atoms with Gasteiger partial charge in [-0.25, -0.2) is 0 Å². The van der Waals surface area contributed by atoms with E-state index in [4.69, 9.17) is 0 Å². The second-order valence-corrected chi connectivity index (χ2v) is 2.02.